The molecule has 0 aliphatic carbocycles. The van der Waals surface area contributed by atoms with Gasteiger partial charge in [-0.15, -0.1) is 0 Å². The molecule has 170 valence electrons. The molecule has 2 aromatic heterocycles. The van der Waals surface area contributed by atoms with Crippen molar-refractivity contribution < 1.29 is 13.9 Å². The first-order valence-corrected chi connectivity index (χ1v) is 11.1. The van der Waals surface area contributed by atoms with Gasteiger partial charge in [-0.1, -0.05) is 12.1 Å². The molecule has 0 bridgehead atoms. The van der Waals surface area contributed by atoms with Crippen molar-refractivity contribution in [2.45, 2.75) is 25.9 Å². The van der Waals surface area contributed by atoms with Crippen molar-refractivity contribution in [2.24, 2.45) is 0 Å². The van der Waals surface area contributed by atoms with E-state index in [9.17, 15) is 0 Å². The van der Waals surface area contributed by atoms with Gasteiger partial charge in [0, 0.05) is 36.3 Å². The fourth-order valence-corrected chi connectivity index (χ4v) is 4.64. The summed E-state index contributed by atoms with van der Waals surface area (Å²) >= 11 is 0. The first kappa shape index (κ1) is 21.3. The second-order valence-electron chi connectivity index (χ2n) is 8.51. The summed E-state index contributed by atoms with van der Waals surface area (Å²) in [7, 11) is 3.33. The van der Waals surface area contributed by atoms with Gasteiger partial charge in [0.2, 0.25) is 5.71 Å². The number of fused-ring (bicyclic) bond motifs is 1. The summed E-state index contributed by atoms with van der Waals surface area (Å²) in [6.07, 6.45) is 1.59. The molecular formula is C26H28N4O3. The van der Waals surface area contributed by atoms with Gasteiger partial charge >= 0.3 is 0 Å². The Hall–Kier alpha value is -3.58. The monoisotopic (exact) mass is 444 g/mol. The Bertz CT molecular complexity index is 1240. The third-order valence-electron chi connectivity index (χ3n) is 6.06. The summed E-state index contributed by atoms with van der Waals surface area (Å²) in [6.45, 7) is 6.12. The minimum Gasteiger partial charge on any atom is -0.497 e. The molecule has 1 aliphatic heterocycles. The van der Waals surface area contributed by atoms with Gasteiger partial charge < -0.3 is 24.1 Å². The number of aromatic nitrogens is 2. The van der Waals surface area contributed by atoms with Crippen molar-refractivity contribution in [3.05, 3.63) is 54.9 Å². The first-order chi connectivity index (χ1) is 16.1. The number of furan rings is 1. The Labute approximate surface area is 193 Å². The molecule has 1 fully saturated rings. The maximum Gasteiger partial charge on any atom is 0.232 e. The molecule has 1 N–H and O–H groups in total. The van der Waals surface area contributed by atoms with Crippen LogP contribution in [0.5, 0.6) is 11.5 Å². The zero-order valence-electron chi connectivity index (χ0n) is 19.3. The van der Waals surface area contributed by atoms with E-state index >= 15 is 0 Å². The van der Waals surface area contributed by atoms with E-state index in [0.29, 0.717) is 17.8 Å². The van der Waals surface area contributed by atoms with Gasteiger partial charge in [-0.2, -0.15) is 0 Å². The summed E-state index contributed by atoms with van der Waals surface area (Å²) in [5, 5.41) is 4.52. The Morgan fingerprint density at radius 1 is 0.848 bits per heavy atom. The summed E-state index contributed by atoms with van der Waals surface area (Å²) in [6, 6.07) is 16.6. The summed E-state index contributed by atoms with van der Waals surface area (Å²) in [5.74, 6) is 3.26. The molecular weight excluding hydrogens is 416 g/mol. The number of benzene rings is 2. The number of nitrogens with zero attached hydrogens (tertiary/aromatic N) is 3. The SMILES string of the molecule is COc1ccc(-c2oc3ncnc(N4CC(C)NC(C)C4)c3c2-c2ccc(OC)cc2)cc1. The van der Waals surface area contributed by atoms with Gasteiger partial charge in [-0.25, -0.2) is 9.97 Å². The lowest BCUT2D eigenvalue weighted by atomic mass is 9.98. The molecule has 7 nitrogen and oxygen atoms in total. The lowest BCUT2D eigenvalue weighted by Crippen LogP contribution is -2.54. The van der Waals surface area contributed by atoms with Gasteiger partial charge in [0.05, 0.1) is 19.6 Å². The standard InChI is InChI=1S/C26H28N4O3/c1-16-13-30(14-17(2)29-16)25-23-22(18-5-9-20(31-3)10-6-18)24(33-26(23)28-15-27-25)19-7-11-21(32-4)12-8-19/h5-12,15-17,29H,13-14H2,1-4H3. The molecule has 2 aromatic carbocycles. The molecule has 7 heteroatoms. The lowest BCUT2D eigenvalue weighted by Gasteiger charge is -2.37. The molecule has 1 saturated heterocycles. The molecule has 5 rings (SSSR count). The van der Waals surface area contributed by atoms with Crippen LogP contribution < -0.4 is 19.7 Å². The fourth-order valence-electron chi connectivity index (χ4n) is 4.64. The molecule has 0 radical (unpaired) electrons. The van der Waals surface area contributed by atoms with E-state index < -0.39 is 0 Å². The van der Waals surface area contributed by atoms with Crippen LogP contribution >= 0.6 is 0 Å². The Morgan fingerprint density at radius 3 is 2.00 bits per heavy atom. The van der Waals surface area contributed by atoms with Crippen molar-refractivity contribution >= 4 is 16.9 Å². The van der Waals surface area contributed by atoms with Crippen molar-refractivity contribution in [3.63, 3.8) is 0 Å². The Morgan fingerprint density at radius 2 is 1.42 bits per heavy atom. The van der Waals surface area contributed by atoms with Crippen LogP contribution in [0.25, 0.3) is 33.6 Å². The molecule has 33 heavy (non-hydrogen) atoms. The summed E-state index contributed by atoms with van der Waals surface area (Å²) in [4.78, 5) is 11.6. The highest BCUT2D eigenvalue weighted by atomic mass is 16.5. The highest BCUT2D eigenvalue weighted by Crippen LogP contribution is 2.44. The van der Waals surface area contributed by atoms with E-state index in [1.54, 1.807) is 20.5 Å². The highest BCUT2D eigenvalue weighted by molar-refractivity contribution is 6.06. The average Bonchev–Trinajstić information content (AvgIpc) is 3.23. The van der Waals surface area contributed by atoms with Crippen LogP contribution in [0.4, 0.5) is 5.82 Å². The zero-order valence-corrected chi connectivity index (χ0v) is 19.3. The number of rotatable bonds is 5. The van der Waals surface area contributed by atoms with E-state index in [1.807, 2.05) is 36.4 Å². The third-order valence-corrected chi connectivity index (χ3v) is 6.06. The van der Waals surface area contributed by atoms with Gasteiger partial charge in [-0.3, -0.25) is 0 Å². The number of nitrogens with one attached hydrogen (secondary N) is 1. The molecule has 4 aromatic rings. The molecule has 1 aliphatic rings. The van der Waals surface area contributed by atoms with Crippen LogP contribution in [-0.4, -0.2) is 49.4 Å². The maximum atomic E-state index is 6.39. The van der Waals surface area contributed by atoms with Crippen LogP contribution in [0.1, 0.15) is 13.8 Å². The normalized spacial score (nSPS) is 18.5. The fraction of sp³-hybridized carbons (Fsp3) is 0.308. The predicted molar refractivity (Wildman–Crippen MR) is 130 cm³/mol. The van der Waals surface area contributed by atoms with Crippen molar-refractivity contribution in [3.8, 4) is 33.9 Å². The topological polar surface area (TPSA) is 72.7 Å². The van der Waals surface area contributed by atoms with Crippen molar-refractivity contribution in [1.82, 2.24) is 15.3 Å². The predicted octanol–water partition coefficient (Wildman–Crippen LogP) is 4.76. The van der Waals surface area contributed by atoms with E-state index in [4.69, 9.17) is 18.9 Å². The van der Waals surface area contributed by atoms with E-state index in [0.717, 1.165) is 58.2 Å². The molecule has 2 atom stereocenters. The summed E-state index contributed by atoms with van der Waals surface area (Å²) in [5.41, 5.74) is 3.53. The maximum absolute atomic E-state index is 6.39. The first-order valence-electron chi connectivity index (χ1n) is 11.1. The lowest BCUT2D eigenvalue weighted by molar-refractivity contribution is 0.405. The minimum atomic E-state index is 0.358. The van der Waals surface area contributed by atoms with E-state index in [-0.39, 0.29) is 0 Å². The molecule has 0 saturated carbocycles. The smallest absolute Gasteiger partial charge is 0.232 e. The van der Waals surface area contributed by atoms with Crippen molar-refractivity contribution in [2.75, 3.05) is 32.2 Å². The number of ether oxygens (including phenoxy) is 2. The molecule has 3 heterocycles. The zero-order chi connectivity index (χ0) is 22.9. The number of hydrogen-bond donors (Lipinski definition) is 1. The largest absolute Gasteiger partial charge is 0.497 e. The van der Waals surface area contributed by atoms with E-state index in [2.05, 4.69) is 41.2 Å². The van der Waals surface area contributed by atoms with Crippen LogP contribution in [0.15, 0.2) is 59.3 Å². The van der Waals surface area contributed by atoms with Gasteiger partial charge in [0.1, 0.15) is 29.4 Å². The Balaban J connectivity index is 1.74. The Kier molecular flexibility index (Phi) is 5.64. The molecule has 2 unspecified atom stereocenters. The number of anilines is 1. The van der Waals surface area contributed by atoms with E-state index in [1.165, 1.54) is 0 Å². The second kappa shape index (κ2) is 8.75. The van der Waals surface area contributed by atoms with Gasteiger partial charge in [-0.05, 0) is 55.8 Å². The number of methoxy groups -OCH3 is 2. The number of piperazine rings is 1. The van der Waals surface area contributed by atoms with Crippen LogP contribution in [0.2, 0.25) is 0 Å². The van der Waals surface area contributed by atoms with Crippen LogP contribution in [0.3, 0.4) is 0 Å². The average molecular weight is 445 g/mol. The quantitative estimate of drug-likeness (QED) is 0.476. The van der Waals surface area contributed by atoms with Gasteiger partial charge in [0.15, 0.2) is 0 Å². The minimum absolute atomic E-state index is 0.358. The van der Waals surface area contributed by atoms with Crippen LogP contribution in [0, 0.1) is 0 Å². The third kappa shape index (κ3) is 4.00. The van der Waals surface area contributed by atoms with Crippen molar-refractivity contribution in [1.29, 1.82) is 0 Å². The molecule has 0 spiro atoms. The molecule has 0 amide bonds. The van der Waals surface area contributed by atoms with Gasteiger partial charge in [0.25, 0.3) is 0 Å². The van der Waals surface area contributed by atoms with Crippen LogP contribution in [-0.2, 0) is 0 Å². The highest BCUT2D eigenvalue weighted by Gasteiger charge is 2.28. The summed E-state index contributed by atoms with van der Waals surface area (Å²) < 4.78 is 17.1. The second-order valence-corrected chi connectivity index (χ2v) is 8.51. The number of hydrogen-bond acceptors (Lipinski definition) is 7.